The lowest BCUT2D eigenvalue weighted by Gasteiger charge is -2.07. The van der Waals surface area contributed by atoms with E-state index < -0.39 is 0 Å². The van der Waals surface area contributed by atoms with Gasteiger partial charge >= 0.3 is 0 Å². The Hall–Kier alpha value is -2.20. The van der Waals surface area contributed by atoms with Crippen molar-refractivity contribution >= 4 is 10.8 Å². The number of nitrogens with one attached hydrogen (secondary N) is 2. The number of aromatic amines is 1. The minimum absolute atomic E-state index is 0.698. The Labute approximate surface area is 105 Å². The molecule has 0 amide bonds. The van der Waals surface area contributed by atoms with Crippen LogP contribution in [-0.2, 0) is 13.1 Å². The first-order chi connectivity index (χ1) is 8.93. The van der Waals surface area contributed by atoms with E-state index in [1.165, 1.54) is 22.7 Å². The molecule has 0 saturated carbocycles. The minimum Gasteiger partial charge on any atom is -0.306 e. The van der Waals surface area contributed by atoms with Gasteiger partial charge in [-0.3, -0.25) is 5.10 Å². The van der Waals surface area contributed by atoms with Crippen LogP contribution in [0.3, 0.4) is 0 Å². The molecule has 2 aromatic carbocycles. The molecule has 2 N–H and O–H groups in total. The third-order valence-electron chi connectivity index (χ3n) is 2.95. The molecule has 0 spiro atoms. The third kappa shape index (κ3) is 2.24. The van der Waals surface area contributed by atoms with E-state index in [0.717, 1.165) is 12.4 Å². The number of fused-ring (bicyclic) bond motifs is 1. The molecule has 0 aliphatic rings. The summed E-state index contributed by atoms with van der Waals surface area (Å²) in [4.78, 5) is 4.08. The molecule has 0 aliphatic heterocycles. The zero-order valence-electron chi connectivity index (χ0n) is 9.93. The first kappa shape index (κ1) is 10.9. The van der Waals surface area contributed by atoms with Gasteiger partial charge in [-0.25, -0.2) is 4.98 Å². The Bertz CT molecular complexity index is 626. The molecule has 1 heterocycles. The molecule has 3 aromatic rings. The van der Waals surface area contributed by atoms with Crippen LogP contribution in [-0.4, -0.2) is 15.2 Å². The Morgan fingerprint density at radius 2 is 1.89 bits per heavy atom. The van der Waals surface area contributed by atoms with Crippen LogP contribution in [0.25, 0.3) is 10.8 Å². The molecule has 0 fully saturated rings. The topological polar surface area (TPSA) is 53.6 Å². The standard InChI is InChI=1S/C14H14N4/c1-2-7-13-11(4-1)5-3-6-12(13)8-15-9-14-16-10-17-18-14/h1-7,10,15H,8-9H2,(H,16,17,18). The second kappa shape index (κ2) is 4.98. The monoisotopic (exact) mass is 238 g/mol. The predicted octanol–water partition coefficient (Wildman–Crippen LogP) is 2.25. The Morgan fingerprint density at radius 3 is 2.78 bits per heavy atom. The van der Waals surface area contributed by atoms with Crippen molar-refractivity contribution < 1.29 is 0 Å². The number of hydrogen-bond acceptors (Lipinski definition) is 3. The number of aromatic nitrogens is 3. The van der Waals surface area contributed by atoms with Gasteiger partial charge in [-0.05, 0) is 16.3 Å². The number of rotatable bonds is 4. The highest BCUT2D eigenvalue weighted by Crippen LogP contribution is 2.18. The second-order valence-corrected chi connectivity index (χ2v) is 4.17. The van der Waals surface area contributed by atoms with Gasteiger partial charge in [0.2, 0.25) is 0 Å². The second-order valence-electron chi connectivity index (χ2n) is 4.17. The summed E-state index contributed by atoms with van der Waals surface area (Å²) in [7, 11) is 0. The van der Waals surface area contributed by atoms with Gasteiger partial charge in [0.15, 0.2) is 0 Å². The van der Waals surface area contributed by atoms with Gasteiger partial charge in [-0.15, -0.1) is 0 Å². The Balaban J connectivity index is 1.74. The van der Waals surface area contributed by atoms with Crippen molar-refractivity contribution in [2.75, 3.05) is 0 Å². The van der Waals surface area contributed by atoms with Gasteiger partial charge in [0.05, 0.1) is 6.54 Å². The van der Waals surface area contributed by atoms with Crippen LogP contribution >= 0.6 is 0 Å². The van der Waals surface area contributed by atoms with E-state index in [4.69, 9.17) is 0 Å². The summed E-state index contributed by atoms with van der Waals surface area (Å²) in [5.74, 6) is 0.857. The predicted molar refractivity (Wildman–Crippen MR) is 70.9 cm³/mol. The molecule has 90 valence electrons. The SMILES string of the molecule is c1ccc2c(CNCc3ncn[nH]3)cccc2c1. The summed E-state index contributed by atoms with van der Waals surface area (Å²) in [6, 6.07) is 14.8. The van der Waals surface area contributed by atoms with E-state index in [2.05, 4.69) is 63.0 Å². The molecular formula is C14H14N4. The Kier molecular flexibility index (Phi) is 3.02. The van der Waals surface area contributed by atoms with E-state index in [-0.39, 0.29) is 0 Å². The molecule has 3 rings (SSSR count). The lowest BCUT2D eigenvalue weighted by Crippen LogP contribution is -2.13. The van der Waals surface area contributed by atoms with Crippen LogP contribution in [0.2, 0.25) is 0 Å². The minimum atomic E-state index is 0.698. The van der Waals surface area contributed by atoms with E-state index >= 15 is 0 Å². The summed E-state index contributed by atoms with van der Waals surface area (Å²) >= 11 is 0. The fourth-order valence-corrected chi connectivity index (χ4v) is 2.08. The van der Waals surface area contributed by atoms with Crippen molar-refractivity contribution in [2.24, 2.45) is 0 Å². The van der Waals surface area contributed by atoms with Crippen LogP contribution in [0.15, 0.2) is 48.8 Å². The van der Waals surface area contributed by atoms with Crippen LogP contribution in [0.1, 0.15) is 11.4 Å². The van der Waals surface area contributed by atoms with Gasteiger partial charge in [0.25, 0.3) is 0 Å². The summed E-state index contributed by atoms with van der Waals surface area (Å²) in [5.41, 5.74) is 1.30. The maximum Gasteiger partial charge on any atom is 0.138 e. The first-order valence-corrected chi connectivity index (χ1v) is 5.95. The number of hydrogen-bond donors (Lipinski definition) is 2. The maximum absolute atomic E-state index is 4.08. The van der Waals surface area contributed by atoms with Gasteiger partial charge in [-0.2, -0.15) is 5.10 Å². The molecule has 0 saturated heterocycles. The molecular weight excluding hydrogens is 224 g/mol. The van der Waals surface area contributed by atoms with Crippen LogP contribution in [0, 0.1) is 0 Å². The largest absolute Gasteiger partial charge is 0.306 e. The molecule has 0 unspecified atom stereocenters. The van der Waals surface area contributed by atoms with Gasteiger partial charge in [0, 0.05) is 6.54 Å². The lowest BCUT2D eigenvalue weighted by atomic mass is 10.0. The van der Waals surface area contributed by atoms with Crippen LogP contribution < -0.4 is 5.32 Å². The molecule has 4 nitrogen and oxygen atoms in total. The zero-order valence-corrected chi connectivity index (χ0v) is 9.93. The highest BCUT2D eigenvalue weighted by atomic mass is 15.2. The van der Waals surface area contributed by atoms with Crippen molar-refractivity contribution in [2.45, 2.75) is 13.1 Å². The van der Waals surface area contributed by atoms with E-state index in [9.17, 15) is 0 Å². The molecule has 1 aromatic heterocycles. The average molecular weight is 238 g/mol. The third-order valence-corrected chi connectivity index (χ3v) is 2.95. The lowest BCUT2D eigenvalue weighted by molar-refractivity contribution is 0.667. The number of benzene rings is 2. The van der Waals surface area contributed by atoms with E-state index in [1.54, 1.807) is 0 Å². The van der Waals surface area contributed by atoms with Crippen molar-refractivity contribution in [1.82, 2.24) is 20.5 Å². The van der Waals surface area contributed by atoms with Crippen molar-refractivity contribution in [3.05, 3.63) is 60.2 Å². The van der Waals surface area contributed by atoms with Crippen molar-refractivity contribution in [3.8, 4) is 0 Å². The van der Waals surface area contributed by atoms with Gasteiger partial charge in [0.1, 0.15) is 12.2 Å². The van der Waals surface area contributed by atoms with Crippen molar-refractivity contribution in [1.29, 1.82) is 0 Å². The fourth-order valence-electron chi connectivity index (χ4n) is 2.08. The molecule has 0 bridgehead atoms. The average Bonchev–Trinajstić information content (AvgIpc) is 2.92. The molecule has 0 radical (unpaired) electrons. The van der Waals surface area contributed by atoms with Crippen LogP contribution in [0.5, 0.6) is 0 Å². The zero-order chi connectivity index (χ0) is 12.2. The Morgan fingerprint density at radius 1 is 1.00 bits per heavy atom. The number of H-pyrrole nitrogens is 1. The van der Waals surface area contributed by atoms with Crippen LogP contribution in [0.4, 0.5) is 0 Å². The summed E-state index contributed by atoms with van der Waals surface area (Å²) in [6.45, 7) is 1.52. The molecule has 0 aliphatic carbocycles. The smallest absolute Gasteiger partial charge is 0.138 e. The molecule has 4 heteroatoms. The van der Waals surface area contributed by atoms with Gasteiger partial charge < -0.3 is 5.32 Å². The summed E-state index contributed by atoms with van der Waals surface area (Å²) in [6.07, 6.45) is 1.52. The van der Waals surface area contributed by atoms with E-state index in [1.807, 2.05) is 0 Å². The maximum atomic E-state index is 4.08. The first-order valence-electron chi connectivity index (χ1n) is 5.95. The van der Waals surface area contributed by atoms with E-state index in [0.29, 0.717) is 6.54 Å². The summed E-state index contributed by atoms with van der Waals surface area (Å²) < 4.78 is 0. The van der Waals surface area contributed by atoms with Gasteiger partial charge in [-0.1, -0.05) is 42.5 Å². The highest BCUT2D eigenvalue weighted by molar-refractivity contribution is 5.85. The molecule has 18 heavy (non-hydrogen) atoms. The molecule has 0 atom stereocenters. The normalized spacial score (nSPS) is 10.9. The summed E-state index contributed by atoms with van der Waals surface area (Å²) in [5, 5.41) is 12.6. The van der Waals surface area contributed by atoms with Crippen molar-refractivity contribution in [3.63, 3.8) is 0 Å². The highest BCUT2D eigenvalue weighted by Gasteiger charge is 2.00. The number of nitrogens with zero attached hydrogens (tertiary/aromatic N) is 2. The quantitative estimate of drug-likeness (QED) is 0.733. The fraction of sp³-hybridized carbons (Fsp3) is 0.143.